The van der Waals surface area contributed by atoms with Gasteiger partial charge < -0.3 is 10.1 Å². The van der Waals surface area contributed by atoms with E-state index in [9.17, 15) is 4.79 Å². The maximum atomic E-state index is 10.8. The van der Waals surface area contributed by atoms with Crippen LogP contribution in [0.1, 0.15) is 16.1 Å². The smallest absolute Gasteiger partial charge is 0.352 e. The summed E-state index contributed by atoms with van der Waals surface area (Å²) >= 11 is 4.00. The molecule has 2 aromatic rings. The van der Waals surface area contributed by atoms with Gasteiger partial charge >= 0.3 is 5.97 Å². The number of aromatic amines is 1. The number of carbonyl (C=O) groups is 1. The first-order valence-electron chi connectivity index (χ1n) is 4.66. The Morgan fingerprint density at radius 1 is 1.44 bits per heavy atom. The maximum absolute atomic E-state index is 10.8. The predicted molar refractivity (Wildman–Crippen MR) is 66.0 cm³/mol. The van der Waals surface area contributed by atoms with Crippen molar-refractivity contribution in [1.82, 2.24) is 4.98 Å². The van der Waals surface area contributed by atoms with Gasteiger partial charge in [0.15, 0.2) is 0 Å². The van der Waals surface area contributed by atoms with E-state index in [0.717, 1.165) is 16.5 Å². The Hall–Kier alpha value is -1.86. The summed E-state index contributed by atoms with van der Waals surface area (Å²) in [5, 5.41) is 9.68. The molecule has 2 rings (SSSR count). The van der Waals surface area contributed by atoms with Crippen LogP contribution in [-0.4, -0.2) is 21.8 Å². The first-order chi connectivity index (χ1) is 7.70. The summed E-state index contributed by atoms with van der Waals surface area (Å²) in [5.74, 6) is 5.33. The summed E-state index contributed by atoms with van der Waals surface area (Å²) in [7, 11) is 0. The summed E-state index contributed by atoms with van der Waals surface area (Å²) in [6.07, 6.45) is 0. The number of thiol groups is 1. The number of fused-ring (bicyclic) bond motifs is 1. The van der Waals surface area contributed by atoms with Gasteiger partial charge in [0.05, 0.1) is 5.75 Å². The Labute approximate surface area is 97.9 Å². The van der Waals surface area contributed by atoms with Crippen LogP contribution in [0.2, 0.25) is 0 Å². The van der Waals surface area contributed by atoms with E-state index in [0.29, 0.717) is 5.75 Å². The Kier molecular flexibility index (Phi) is 2.88. The molecule has 0 amide bonds. The van der Waals surface area contributed by atoms with Crippen LogP contribution in [0, 0.1) is 11.8 Å². The molecule has 2 N–H and O–H groups in total. The highest BCUT2D eigenvalue weighted by atomic mass is 32.1. The lowest BCUT2D eigenvalue weighted by atomic mass is 10.1. The van der Waals surface area contributed by atoms with Crippen LogP contribution in [-0.2, 0) is 0 Å². The number of carboxylic acids is 1. The fourth-order valence-corrected chi connectivity index (χ4v) is 1.55. The molecule has 0 atom stereocenters. The van der Waals surface area contributed by atoms with Crippen molar-refractivity contribution in [3.63, 3.8) is 0 Å². The normalized spacial score (nSPS) is 9.81. The van der Waals surface area contributed by atoms with Crippen LogP contribution in [0.25, 0.3) is 10.9 Å². The van der Waals surface area contributed by atoms with Crippen molar-refractivity contribution in [3.8, 4) is 11.8 Å². The van der Waals surface area contributed by atoms with Crippen molar-refractivity contribution in [2.75, 3.05) is 5.75 Å². The van der Waals surface area contributed by atoms with E-state index in [1.54, 1.807) is 6.07 Å². The quantitative estimate of drug-likeness (QED) is 0.520. The number of aromatic nitrogens is 1. The van der Waals surface area contributed by atoms with Crippen molar-refractivity contribution >= 4 is 29.5 Å². The number of nitrogens with one attached hydrogen (secondary N) is 1. The number of aromatic carboxylic acids is 1. The van der Waals surface area contributed by atoms with E-state index in [1.807, 2.05) is 18.2 Å². The maximum Gasteiger partial charge on any atom is 0.352 e. The molecule has 1 aromatic carbocycles. The van der Waals surface area contributed by atoms with Gasteiger partial charge in [-0.05, 0) is 24.3 Å². The average molecular weight is 231 g/mol. The minimum absolute atomic E-state index is 0.189. The van der Waals surface area contributed by atoms with Crippen LogP contribution < -0.4 is 0 Å². The van der Waals surface area contributed by atoms with E-state index in [1.165, 1.54) is 0 Å². The number of benzene rings is 1. The van der Waals surface area contributed by atoms with Crippen LogP contribution in [0.15, 0.2) is 24.3 Å². The molecule has 0 aliphatic carbocycles. The van der Waals surface area contributed by atoms with Crippen molar-refractivity contribution in [2.45, 2.75) is 0 Å². The molecule has 0 saturated heterocycles. The van der Waals surface area contributed by atoms with Crippen LogP contribution in [0.3, 0.4) is 0 Å². The molecule has 0 aliphatic heterocycles. The lowest BCUT2D eigenvalue weighted by molar-refractivity contribution is 0.0691. The Balaban J connectivity index is 2.49. The largest absolute Gasteiger partial charge is 0.477 e. The Morgan fingerprint density at radius 3 is 2.94 bits per heavy atom. The molecule has 4 heteroatoms. The highest BCUT2D eigenvalue weighted by molar-refractivity contribution is 7.80. The fraction of sp³-hybridized carbons (Fsp3) is 0.0833. The number of rotatable bonds is 1. The van der Waals surface area contributed by atoms with Gasteiger partial charge in [0, 0.05) is 16.5 Å². The van der Waals surface area contributed by atoms with Crippen LogP contribution in [0.4, 0.5) is 0 Å². The molecule has 80 valence electrons. The van der Waals surface area contributed by atoms with Gasteiger partial charge in [0.1, 0.15) is 5.69 Å². The molecule has 0 radical (unpaired) electrons. The van der Waals surface area contributed by atoms with E-state index in [4.69, 9.17) is 5.11 Å². The zero-order valence-electron chi connectivity index (χ0n) is 8.32. The first kappa shape index (κ1) is 10.7. The molecule has 16 heavy (non-hydrogen) atoms. The van der Waals surface area contributed by atoms with Gasteiger partial charge in [-0.2, -0.15) is 12.6 Å². The number of H-pyrrole nitrogens is 1. The van der Waals surface area contributed by atoms with E-state index in [2.05, 4.69) is 29.5 Å². The zero-order valence-corrected chi connectivity index (χ0v) is 9.21. The van der Waals surface area contributed by atoms with Crippen LogP contribution in [0.5, 0.6) is 0 Å². The third-order valence-electron chi connectivity index (χ3n) is 2.16. The summed E-state index contributed by atoms with van der Waals surface area (Å²) in [6, 6.07) is 7.13. The molecule has 1 aromatic heterocycles. The van der Waals surface area contributed by atoms with Gasteiger partial charge in [0.2, 0.25) is 0 Å². The summed E-state index contributed by atoms with van der Waals surface area (Å²) in [5.41, 5.74) is 1.85. The molecular formula is C12H9NO2S. The minimum atomic E-state index is -0.959. The molecule has 0 unspecified atom stereocenters. The molecule has 0 bridgehead atoms. The van der Waals surface area contributed by atoms with Gasteiger partial charge in [-0.15, -0.1) is 0 Å². The van der Waals surface area contributed by atoms with Crippen molar-refractivity contribution in [2.24, 2.45) is 0 Å². The minimum Gasteiger partial charge on any atom is -0.477 e. The Bertz CT molecular complexity index is 604. The Morgan fingerprint density at radius 2 is 2.25 bits per heavy atom. The third kappa shape index (κ3) is 2.05. The van der Waals surface area contributed by atoms with Crippen LogP contribution >= 0.6 is 12.6 Å². The van der Waals surface area contributed by atoms with E-state index >= 15 is 0 Å². The molecule has 0 fully saturated rings. The van der Waals surface area contributed by atoms with Gasteiger partial charge in [-0.3, -0.25) is 0 Å². The lowest BCUT2D eigenvalue weighted by Gasteiger charge is -1.90. The predicted octanol–water partition coefficient (Wildman–Crippen LogP) is 2.15. The lowest BCUT2D eigenvalue weighted by Crippen LogP contribution is -1.94. The highest BCUT2D eigenvalue weighted by Gasteiger charge is 2.06. The third-order valence-corrected chi connectivity index (χ3v) is 2.32. The average Bonchev–Trinajstić information content (AvgIpc) is 2.69. The first-order valence-corrected chi connectivity index (χ1v) is 5.30. The number of hydrogen-bond donors (Lipinski definition) is 3. The highest BCUT2D eigenvalue weighted by Crippen LogP contribution is 2.16. The monoisotopic (exact) mass is 231 g/mol. The topological polar surface area (TPSA) is 53.1 Å². The molecule has 3 nitrogen and oxygen atoms in total. The molecule has 0 spiro atoms. The number of carboxylic acid groups (broad SMARTS) is 1. The van der Waals surface area contributed by atoms with Crippen molar-refractivity contribution < 1.29 is 9.90 Å². The van der Waals surface area contributed by atoms with Crippen molar-refractivity contribution in [1.29, 1.82) is 0 Å². The van der Waals surface area contributed by atoms with E-state index in [-0.39, 0.29) is 5.69 Å². The van der Waals surface area contributed by atoms with Gasteiger partial charge in [0.25, 0.3) is 0 Å². The summed E-state index contributed by atoms with van der Waals surface area (Å²) in [4.78, 5) is 13.6. The second kappa shape index (κ2) is 4.33. The van der Waals surface area contributed by atoms with Gasteiger partial charge in [-0.1, -0.05) is 11.8 Å². The number of hydrogen-bond acceptors (Lipinski definition) is 2. The second-order valence-corrected chi connectivity index (χ2v) is 3.57. The molecule has 1 heterocycles. The fourth-order valence-electron chi connectivity index (χ4n) is 1.47. The molecule has 0 aliphatic rings. The zero-order chi connectivity index (χ0) is 11.5. The summed E-state index contributed by atoms with van der Waals surface area (Å²) < 4.78 is 0. The second-order valence-electron chi connectivity index (χ2n) is 3.25. The SMILES string of the molecule is O=C(O)c1cc2cc(C#CCS)ccc2[nH]1. The van der Waals surface area contributed by atoms with Crippen molar-refractivity contribution in [3.05, 3.63) is 35.5 Å². The van der Waals surface area contributed by atoms with Gasteiger partial charge in [-0.25, -0.2) is 4.79 Å². The summed E-state index contributed by atoms with van der Waals surface area (Å²) in [6.45, 7) is 0. The molecule has 0 saturated carbocycles. The molecular weight excluding hydrogens is 222 g/mol. The van der Waals surface area contributed by atoms with E-state index < -0.39 is 5.97 Å². The standard InChI is InChI=1S/C12H9NO2S/c14-12(15)11-7-9-6-8(2-1-5-16)3-4-10(9)13-11/h3-4,6-7,13,16H,5H2,(H,14,15).